The Morgan fingerprint density at radius 3 is 2.48 bits per heavy atom. The first kappa shape index (κ1) is 18.2. The van der Waals surface area contributed by atoms with Crippen molar-refractivity contribution in [3.05, 3.63) is 70.9 Å². The van der Waals surface area contributed by atoms with Gasteiger partial charge in [-0.1, -0.05) is 29.4 Å². The minimum Gasteiger partial charge on any atom is -0.465 e. The van der Waals surface area contributed by atoms with Crippen molar-refractivity contribution in [2.75, 3.05) is 7.11 Å². The molecule has 3 aromatic rings. The molecule has 0 saturated heterocycles. The van der Waals surface area contributed by atoms with Crippen LogP contribution in [0.15, 0.2) is 47.0 Å². The minimum absolute atomic E-state index is 0.0369. The number of aromatic nitrogens is 2. The summed E-state index contributed by atoms with van der Waals surface area (Å²) in [6.45, 7) is 1.35. The third kappa shape index (κ3) is 4.00. The van der Waals surface area contributed by atoms with Gasteiger partial charge in [0.15, 0.2) is 6.61 Å². The van der Waals surface area contributed by atoms with Crippen LogP contribution in [0.3, 0.4) is 0 Å². The van der Waals surface area contributed by atoms with Crippen LogP contribution >= 0.6 is 0 Å². The Bertz CT molecular complexity index is 999. The second-order valence-electron chi connectivity index (χ2n) is 5.59. The standard InChI is InChI=1S/C19H15FN2O5/c1-11-7-8-12(9-15(11)20)17-21-16(27-22-17)10-26-19(24)14-6-4-3-5-13(14)18(23)25-2/h3-9H,10H2,1-2H3. The number of ether oxygens (including phenoxy) is 2. The van der Waals surface area contributed by atoms with Crippen LogP contribution in [0.4, 0.5) is 4.39 Å². The molecule has 7 nitrogen and oxygen atoms in total. The van der Waals surface area contributed by atoms with Crippen LogP contribution in [0, 0.1) is 12.7 Å². The summed E-state index contributed by atoms with van der Waals surface area (Å²) < 4.78 is 28.4. The summed E-state index contributed by atoms with van der Waals surface area (Å²) in [4.78, 5) is 28.0. The van der Waals surface area contributed by atoms with Gasteiger partial charge in [-0.3, -0.25) is 0 Å². The molecule has 8 heteroatoms. The summed E-state index contributed by atoms with van der Waals surface area (Å²) in [5, 5.41) is 3.75. The lowest BCUT2D eigenvalue weighted by Gasteiger charge is -2.06. The van der Waals surface area contributed by atoms with Crippen molar-refractivity contribution in [2.45, 2.75) is 13.5 Å². The maximum Gasteiger partial charge on any atom is 0.339 e. The largest absolute Gasteiger partial charge is 0.465 e. The number of methoxy groups -OCH3 is 1. The van der Waals surface area contributed by atoms with E-state index in [-0.39, 0.29) is 35.3 Å². The molecule has 0 bridgehead atoms. The zero-order valence-corrected chi connectivity index (χ0v) is 14.6. The van der Waals surface area contributed by atoms with Gasteiger partial charge < -0.3 is 14.0 Å². The first-order valence-corrected chi connectivity index (χ1v) is 7.93. The number of hydrogen-bond donors (Lipinski definition) is 0. The summed E-state index contributed by atoms with van der Waals surface area (Å²) in [7, 11) is 1.22. The van der Waals surface area contributed by atoms with Crippen LogP contribution in [-0.4, -0.2) is 29.2 Å². The van der Waals surface area contributed by atoms with Gasteiger partial charge in [0, 0.05) is 5.56 Å². The van der Waals surface area contributed by atoms with Crippen molar-refractivity contribution in [1.82, 2.24) is 10.1 Å². The number of halogens is 1. The predicted octanol–water partition coefficient (Wildman–Crippen LogP) is 3.33. The third-order valence-corrected chi connectivity index (χ3v) is 3.78. The van der Waals surface area contributed by atoms with Crippen molar-refractivity contribution in [2.24, 2.45) is 0 Å². The molecule has 0 aliphatic heterocycles. The summed E-state index contributed by atoms with van der Waals surface area (Å²) in [5.41, 5.74) is 1.09. The predicted molar refractivity (Wildman–Crippen MR) is 91.3 cm³/mol. The number of nitrogens with zero attached hydrogens (tertiary/aromatic N) is 2. The molecule has 0 aliphatic carbocycles. The first-order chi connectivity index (χ1) is 13.0. The van der Waals surface area contributed by atoms with Gasteiger partial charge in [-0.25, -0.2) is 14.0 Å². The van der Waals surface area contributed by atoms with Crippen LogP contribution < -0.4 is 0 Å². The lowest BCUT2D eigenvalue weighted by atomic mass is 10.1. The molecule has 0 fully saturated rings. The number of hydrogen-bond acceptors (Lipinski definition) is 7. The van der Waals surface area contributed by atoms with Crippen molar-refractivity contribution in [3.8, 4) is 11.4 Å². The van der Waals surface area contributed by atoms with E-state index in [1.165, 1.54) is 25.3 Å². The van der Waals surface area contributed by atoms with Crippen molar-refractivity contribution in [3.63, 3.8) is 0 Å². The molecule has 0 spiro atoms. The molecular formula is C19H15FN2O5. The summed E-state index contributed by atoms with van der Waals surface area (Å²) in [6, 6.07) is 10.7. The highest BCUT2D eigenvalue weighted by Crippen LogP contribution is 2.19. The van der Waals surface area contributed by atoms with Gasteiger partial charge in [0.1, 0.15) is 5.82 Å². The summed E-state index contributed by atoms with van der Waals surface area (Å²) >= 11 is 0. The maximum atomic E-state index is 13.7. The number of carbonyl (C=O) groups excluding carboxylic acids is 2. The lowest BCUT2D eigenvalue weighted by molar-refractivity contribution is 0.0418. The summed E-state index contributed by atoms with van der Waals surface area (Å²) in [5.74, 6) is -1.56. The molecule has 0 N–H and O–H groups in total. The van der Waals surface area contributed by atoms with E-state index in [1.54, 1.807) is 31.2 Å². The van der Waals surface area contributed by atoms with Crippen LogP contribution in [-0.2, 0) is 16.1 Å². The van der Waals surface area contributed by atoms with Crippen molar-refractivity contribution < 1.29 is 28.0 Å². The second-order valence-corrected chi connectivity index (χ2v) is 5.59. The fraction of sp³-hybridized carbons (Fsp3) is 0.158. The zero-order chi connectivity index (χ0) is 19.4. The minimum atomic E-state index is -0.739. The Morgan fingerprint density at radius 2 is 1.81 bits per heavy atom. The van der Waals surface area contributed by atoms with Gasteiger partial charge in [-0.05, 0) is 30.7 Å². The molecule has 1 heterocycles. The molecule has 27 heavy (non-hydrogen) atoms. The highest BCUT2D eigenvalue weighted by atomic mass is 19.1. The molecule has 0 aliphatic rings. The van der Waals surface area contributed by atoms with Gasteiger partial charge in [-0.15, -0.1) is 0 Å². The smallest absolute Gasteiger partial charge is 0.339 e. The number of aryl methyl sites for hydroxylation is 1. The van der Waals surface area contributed by atoms with E-state index in [1.807, 2.05) is 0 Å². The Morgan fingerprint density at radius 1 is 1.11 bits per heavy atom. The molecule has 0 atom stereocenters. The SMILES string of the molecule is COC(=O)c1ccccc1C(=O)OCc1nc(-c2ccc(C)c(F)c2)no1. The van der Waals surface area contributed by atoms with Gasteiger partial charge in [0.25, 0.3) is 5.89 Å². The van der Waals surface area contributed by atoms with E-state index in [0.29, 0.717) is 11.1 Å². The quantitative estimate of drug-likeness (QED) is 0.636. The van der Waals surface area contributed by atoms with E-state index in [2.05, 4.69) is 14.9 Å². The van der Waals surface area contributed by atoms with Gasteiger partial charge >= 0.3 is 11.9 Å². The molecular weight excluding hydrogens is 355 g/mol. The van der Waals surface area contributed by atoms with Crippen molar-refractivity contribution in [1.29, 1.82) is 0 Å². The molecule has 0 amide bonds. The number of rotatable bonds is 5. The van der Waals surface area contributed by atoms with E-state index in [4.69, 9.17) is 9.26 Å². The van der Waals surface area contributed by atoms with Gasteiger partial charge in [0.05, 0.1) is 18.2 Å². The molecule has 2 aromatic carbocycles. The first-order valence-electron chi connectivity index (χ1n) is 7.93. The fourth-order valence-corrected chi connectivity index (χ4v) is 2.32. The van der Waals surface area contributed by atoms with Crippen LogP contribution in [0.5, 0.6) is 0 Å². The fourth-order valence-electron chi connectivity index (χ4n) is 2.32. The molecule has 0 saturated carbocycles. The van der Waals surface area contributed by atoms with E-state index >= 15 is 0 Å². The Balaban J connectivity index is 1.71. The average Bonchev–Trinajstić information content (AvgIpc) is 3.16. The number of carbonyl (C=O) groups is 2. The molecule has 0 radical (unpaired) electrons. The van der Waals surface area contributed by atoms with Crippen LogP contribution in [0.1, 0.15) is 32.2 Å². The second kappa shape index (κ2) is 7.77. The van der Waals surface area contributed by atoms with Crippen LogP contribution in [0.25, 0.3) is 11.4 Å². The third-order valence-electron chi connectivity index (χ3n) is 3.78. The topological polar surface area (TPSA) is 91.5 Å². The lowest BCUT2D eigenvalue weighted by Crippen LogP contribution is -2.13. The Kier molecular flexibility index (Phi) is 5.25. The normalized spacial score (nSPS) is 10.5. The highest BCUT2D eigenvalue weighted by Gasteiger charge is 2.19. The molecule has 138 valence electrons. The van der Waals surface area contributed by atoms with E-state index in [0.717, 1.165) is 0 Å². The summed E-state index contributed by atoms with van der Waals surface area (Å²) in [6.07, 6.45) is 0. The Hall–Kier alpha value is -3.55. The van der Waals surface area contributed by atoms with E-state index < -0.39 is 11.9 Å². The van der Waals surface area contributed by atoms with Crippen LogP contribution in [0.2, 0.25) is 0 Å². The highest BCUT2D eigenvalue weighted by molar-refractivity contribution is 6.03. The molecule has 3 rings (SSSR count). The molecule has 1 aromatic heterocycles. The van der Waals surface area contributed by atoms with Gasteiger partial charge in [0.2, 0.25) is 5.82 Å². The maximum absolute atomic E-state index is 13.7. The van der Waals surface area contributed by atoms with Crippen molar-refractivity contribution >= 4 is 11.9 Å². The average molecular weight is 370 g/mol. The number of benzene rings is 2. The monoisotopic (exact) mass is 370 g/mol. The molecule has 0 unspecified atom stereocenters. The van der Waals surface area contributed by atoms with Gasteiger partial charge in [-0.2, -0.15) is 4.98 Å². The Labute approximate surface area is 153 Å². The number of esters is 2. The zero-order valence-electron chi connectivity index (χ0n) is 14.6. The van der Waals surface area contributed by atoms with E-state index in [9.17, 15) is 14.0 Å².